The fourth-order valence-electron chi connectivity index (χ4n) is 6.63. The van der Waals surface area contributed by atoms with E-state index < -0.39 is 53.7 Å². The van der Waals surface area contributed by atoms with Crippen LogP contribution in [0, 0.1) is 17.7 Å². The zero-order chi connectivity index (χ0) is 36.0. The standard InChI is InChI=1S/C36H42F4N4O6/c1-2-49-34(47)27-17-22(27)9-6-4-3-5-7-12-30(42-25-15-13-24(14-16-25)36(38,39)40)33(46)44-20-26(18-31(44)32(41)45)50-35(48)43-19-23-10-8-11-29(37)28(23)21-43/h3-4,8,10-11,13-16,22,26-27,30-31,42H,2,5-7,9,12,17-21H2,1H3,(H2,41,45)/b4-3+/t22-,26?,27+,30+,31+/m1/s1. The van der Waals surface area contributed by atoms with E-state index in [-0.39, 0.29) is 50.1 Å². The molecule has 2 aliphatic heterocycles. The third kappa shape index (κ3) is 9.13. The van der Waals surface area contributed by atoms with Crippen molar-refractivity contribution in [3.63, 3.8) is 0 Å². The van der Waals surface area contributed by atoms with Crippen LogP contribution in [0.4, 0.5) is 28.0 Å². The smallest absolute Gasteiger partial charge is 0.416 e. The predicted molar refractivity (Wildman–Crippen MR) is 175 cm³/mol. The van der Waals surface area contributed by atoms with Gasteiger partial charge in [-0.25, -0.2) is 9.18 Å². The molecule has 1 saturated carbocycles. The van der Waals surface area contributed by atoms with Crippen LogP contribution in [-0.4, -0.2) is 65.0 Å². The number of nitrogens with one attached hydrogen (secondary N) is 1. The van der Waals surface area contributed by atoms with E-state index in [1.807, 2.05) is 12.2 Å². The first-order valence-corrected chi connectivity index (χ1v) is 16.9. The molecule has 50 heavy (non-hydrogen) atoms. The minimum Gasteiger partial charge on any atom is -0.466 e. The third-order valence-electron chi connectivity index (χ3n) is 9.42. The number of carbonyl (C=O) groups is 4. The lowest BCUT2D eigenvalue weighted by atomic mass is 10.1. The third-order valence-corrected chi connectivity index (χ3v) is 9.42. The Morgan fingerprint density at radius 1 is 1.04 bits per heavy atom. The Labute approximate surface area is 287 Å². The molecule has 3 N–H and O–H groups in total. The lowest BCUT2D eigenvalue weighted by Crippen LogP contribution is -2.49. The minimum absolute atomic E-state index is 0.0220. The number of ether oxygens (including phenoxy) is 2. The second-order valence-corrected chi connectivity index (χ2v) is 13.0. The van der Waals surface area contributed by atoms with Crippen LogP contribution in [0.1, 0.15) is 68.6 Å². The average Bonchev–Trinajstić information content (AvgIpc) is 3.49. The Morgan fingerprint density at radius 2 is 1.78 bits per heavy atom. The van der Waals surface area contributed by atoms with E-state index in [0.717, 1.165) is 31.4 Å². The topological polar surface area (TPSA) is 131 Å². The largest absolute Gasteiger partial charge is 0.466 e. The average molecular weight is 703 g/mol. The van der Waals surface area contributed by atoms with Gasteiger partial charge in [0.2, 0.25) is 11.8 Å². The van der Waals surface area contributed by atoms with Gasteiger partial charge in [0.1, 0.15) is 24.0 Å². The van der Waals surface area contributed by atoms with E-state index in [0.29, 0.717) is 36.5 Å². The van der Waals surface area contributed by atoms with Gasteiger partial charge in [-0.3, -0.25) is 19.3 Å². The number of hydrogen-bond donors (Lipinski definition) is 2. The highest BCUT2D eigenvalue weighted by atomic mass is 19.4. The molecule has 270 valence electrons. The maximum absolute atomic E-state index is 14.2. The van der Waals surface area contributed by atoms with Crippen molar-refractivity contribution in [1.82, 2.24) is 9.80 Å². The van der Waals surface area contributed by atoms with E-state index >= 15 is 0 Å². The summed E-state index contributed by atoms with van der Waals surface area (Å²) >= 11 is 0. The zero-order valence-corrected chi connectivity index (χ0v) is 27.8. The predicted octanol–water partition coefficient (Wildman–Crippen LogP) is 5.94. The molecule has 0 radical (unpaired) electrons. The number of nitrogens with two attached hydrogens (primary N) is 1. The molecule has 14 heteroatoms. The van der Waals surface area contributed by atoms with Crippen molar-refractivity contribution in [2.45, 2.75) is 89.3 Å². The van der Waals surface area contributed by atoms with Gasteiger partial charge in [-0.2, -0.15) is 13.2 Å². The molecule has 2 aromatic rings. The van der Waals surface area contributed by atoms with Gasteiger partial charge in [-0.1, -0.05) is 24.3 Å². The van der Waals surface area contributed by atoms with Crippen molar-refractivity contribution >= 4 is 29.6 Å². The zero-order valence-electron chi connectivity index (χ0n) is 27.8. The summed E-state index contributed by atoms with van der Waals surface area (Å²) in [4.78, 5) is 53.9. The van der Waals surface area contributed by atoms with Gasteiger partial charge in [0.25, 0.3) is 0 Å². The minimum atomic E-state index is -4.53. The number of carbonyl (C=O) groups excluding carboxylic acids is 4. The summed E-state index contributed by atoms with van der Waals surface area (Å²) in [6.07, 6.45) is 1.80. The molecular weight excluding hydrogens is 660 g/mol. The fraction of sp³-hybridized carbons (Fsp3) is 0.500. The number of amides is 3. The van der Waals surface area contributed by atoms with Crippen LogP contribution in [0.25, 0.3) is 0 Å². The molecule has 1 saturated heterocycles. The summed E-state index contributed by atoms with van der Waals surface area (Å²) in [5.74, 6) is -1.56. The second-order valence-electron chi connectivity index (χ2n) is 13.0. The van der Waals surface area contributed by atoms with Crippen molar-refractivity contribution in [2.75, 3.05) is 18.5 Å². The molecule has 3 amide bonds. The lowest BCUT2D eigenvalue weighted by molar-refractivity contribution is -0.145. The number of hydrogen-bond acceptors (Lipinski definition) is 7. The van der Waals surface area contributed by atoms with E-state index in [2.05, 4.69) is 5.32 Å². The highest BCUT2D eigenvalue weighted by Crippen LogP contribution is 2.43. The van der Waals surface area contributed by atoms with Gasteiger partial charge in [0, 0.05) is 24.2 Å². The number of nitrogens with zero attached hydrogens (tertiary/aromatic N) is 2. The number of allylic oxidation sites excluding steroid dienone is 2. The number of benzene rings is 2. The fourth-order valence-corrected chi connectivity index (χ4v) is 6.63. The van der Waals surface area contributed by atoms with Crippen LogP contribution in [0.5, 0.6) is 0 Å². The van der Waals surface area contributed by atoms with Gasteiger partial charge in [0.15, 0.2) is 0 Å². The molecule has 1 aliphatic carbocycles. The maximum Gasteiger partial charge on any atom is 0.416 e. The summed E-state index contributed by atoms with van der Waals surface area (Å²) in [6.45, 7) is 2.21. The quantitative estimate of drug-likeness (QED) is 0.108. The molecule has 5 rings (SSSR count). The van der Waals surface area contributed by atoms with Crippen molar-refractivity contribution in [1.29, 1.82) is 0 Å². The van der Waals surface area contributed by atoms with Crippen LogP contribution in [0.15, 0.2) is 54.6 Å². The van der Waals surface area contributed by atoms with Gasteiger partial charge < -0.3 is 25.4 Å². The highest BCUT2D eigenvalue weighted by molar-refractivity contribution is 5.91. The Morgan fingerprint density at radius 3 is 2.46 bits per heavy atom. The number of alkyl halides is 3. The monoisotopic (exact) mass is 702 g/mol. The van der Waals surface area contributed by atoms with Gasteiger partial charge in [-0.15, -0.1) is 0 Å². The van der Waals surface area contributed by atoms with Crippen LogP contribution in [-0.2, 0) is 43.1 Å². The molecule has 2 heterocycles. The number of likely N-dealkylation sites (tertiary alicyclic amines) is 1. The van der Waals surface area contributed by atoms with Crippen molar-refractivity contribution in [3.8, 4) is 0 Å². The number of esters is 1. The number of rotatable bonds is 14. The number of primary amides is 1. The van der Waals surface area contributed by atoms with Crippen molar-refractivity contribution < 1.29 is 46.2 Å². The number of halogens is 4. The van der Waals surface area contributed by atoms with Crippen molar-refractivity contribution in [2.24, 2.45) is 17.6 Å². The second kappa shape index (κ2) is 15.9. The maximum atomic E-state index is 14.2. The van der Waals surface area contributed by atoms with Gasteiger partial charge in [0.05, 0.1) is 31.2 Å². The molecule has 0 bridgehead atoms. The Bertz CT molecular complexity index is 1580. The molecular formula is C36H42F4N4O6. The first-order chi connectivity index (χ1) is 23.8. The SMILES string of the molecule is CCOC(=O)[C@H]1C[C@H]1CC/C=C/CCC[C@H](Nc1ccc(C(F)(F)F)cc1)C(=O)N1CC(OC(=O)N2Cc3cccc(F)c3C2)C[C@H]1C(N)=O. The molecule has 2 fully saturated rings. The summed E-state index contributed by atoms with van der Waals surface area (Å²) in [7, 11) is 0. The van der Waals surface area contributed by atoms with E-state index in [9.17, 15) is 36.7 Å². The normalized spacial score (nSPS) is 21.9. The number of anilines is 1. The van der Waals surface area contributed by atoms with Gasteiger partial charge in [-0.05, 0) is 87.3 Å². The van der Waals surface area contributed by atoms with Crippen LogP contribution in [0.3, 0.4) is 0 Å². The van der Waals surface area contributed by atoms with E-state index in [4.69, 9.17) is 15.2 Å². The number of unbranched alkanes of at least 4 members (excludes halogenated alkanes) is 1. The van der Waals surface area contributed by atoms with Gasteiger partial charge >= 0.3 is 18.2 Å². The summed E-state index contributed by atoms with van der Waals surface area (Å²) in [6, 6.07) is 6.90. The summed E-state index contributed by atoms with van der Waals surface area (Å²) in [5, 5.41) is 3.03. The van der Waals surface area contributed by atoms with E-state index in [1.165, 1.54) is 28.0 Å². The highest BCUT2D eigenvalue weighted by Gasteiger charge is 2.44. The van der Waals surface area contributed by atoms with E-state index in [1.54, 1.807) is 19.1 Å². The first kappa shape index (κ1) is 36.7. The number of fused-ring (bicyclic) bond motifs is 1. The Balaban J connectivity index is 1.20. The summed E-state index contributed by atoms with van der Waals surface area (Å²) < 4.78 is 64.5. The Hall–Kier alpha value is -4.62. The molecule has 10 nitrogen and oxygen atoms in total. The Kier molecular flexibility index (Phi) is 11.7. The van der Waals surface area contributed by atoms with Crippen LogP contribution in [0.2, 0.25) is 0 Å². The van der Waals surface area contributed by atoms with Crippen molar-refractivity contribution in [3.05, 3.63) is 77.1 Å². The lowest BCUT2D eigenvalue weighted by Gasteiger charge is -2.28. The first-order valence-electron chi connectivity index (χ1n) is 16.9. The van der Waals surface area contributed by atoms with Crippen LogP contribution < -0.4 is 11.1 Å². The summed E-state index contributed by atoms with van der Waals surface area (Å²) in [5.41, 5.74) is 6.19. The molecule has 0 aromatic heterocycles. The molecule has 1 unspecified atom stereocenters. The molecule has 3 aliphatic rings. The molecule has 2 aromatic carbocycles. The molecule has 5 atom stereocenters. The van der Waals surface area contributed by atoms with Crippen LogP contribution >= 0.6 is 0 Å². The molecule has 0 spiro atoms.